The van der Waals surface area contributed by atoms with Crippen LogP contribution in [0, 0.1) is 0 Å². The lowest BCUT2D eigenvalue weighted by molar-refractivity contribution is -0.144. The first kappa shape index (κ1) is 25.1. The van der Waals surface area contributed by atoms with Gasteiger partial charge in [0.1, 0.15) is 17.2 Å². The van der Waals surface area contributed by atoms with Crippen LogP contribution in [0.1, 0.15) is 58.3 Å². The Morgan fingerprint density at radius 2 is 1.85 bits per heavy atom. The molecule has 3 amide bonds. The molecule has 12 nitrogen and oxygen atoms in total. The number of nitrogens with zero attached hydrogens (tertiary/aromatic N) is 2. The monoisotopic (exact) mass is 481 g/mol. The van der Waals surface area contributed by atoms with Gasteiger partial charge in [-0.15, -0.1) is 5.10 Å². The number of aromatic nitrogens is 2. The van der Waals surface area contributed by atoms with Crippen molar-refractivity contribution in [2.24, 2.45) is 0 Å². The van der Waals surface area contributed by atoms with E-state index in [0.717, 1.165) is 6.20 Å². The molecule has 34 heavy (non-hydrogen) atoms. The van der Waals surface area contributed by atoms with E-state index >= 15 is 4.39 Å². The van der Waals surface area contributed by atoms with Crippen molar-refractivity contribution in [3.63, 3.8) is 0 Å². The Balaban J connectivity index is 1.70. The summed E-state index contributed by atoms with van der Waals surface area (Å²) in [6.07, 6.45) is 1.35. The number of Topliss-reactive ketones (excluding diaryl/α,β-unsaturated/α-hetero) is 1. The molecule has 1 aromatic heterocycles. The zero-order chi connectivity index (χ0) is 24.9. The molecule has 0 aliphatic heterocycles. The molecule has 1 unspecified atom stereocenters. The second-order valence-corrected chi connectivity index (χ2v) is 8.62. The molecule has 2 aliphatic carbocycles. The number of ether oxygens (including phenoxy) is 1. The number of amides is 3. The molecule has 1 atom stereocenters. The van der Waals surface area contributed by atoms with Crippen molar-refractivity contribution < 1.29 is 38.2 Å². The van der Waals surface area contributed by atoms with Crippen molar-refractivity contribution in [3.05, 3.63) is 12.3 Å². The normalized spacial score (nSPS) is 18.8. The summed E-state index contributed by atoms with van der Waals surface area (Å²) in [5.74, 6) is -2.96. The molecule has 0 saturated heterocycles. The molecule has 3 rings (SSSR count). The number of carboxylic acid groups (broad SMARTS) is 1. The van der Waals surface area contributed by atoms with Crippen molar-refractivity contribution in [3.8, 4) is 0 Å². The van der Waals surface area contributed by atoms with Crippen molar-refractivity contribution in [1.29, 1.82) is 0 Å². The molecule has 186 valence electrons. The van der Waals surface area contributed by atoms with E-state index < -0.39 is 47.0 Å². The average Bonchev–Trinajstić information content (AvgIpc) is 3.39. The van der Waals surface area contributed by atoms with Crippen LogP contribution in [0.2, 0.25) is 0 Å². The Labute approximate surface area is 194 Å². The minimum atomic E-state index is -1.63. The summed E-state index contributed by atoms with van der Waals surface area (Å²) in [7, 11) is 0. The molecule has 2 saturated carbocycles. The van der Waals surface area contributed by atoms with Crippen molar-refractivity contribution in [2.45, 2.75) is 75.5 Å². The maximum atomic E-state index is 15.1. The van der Waals surface area contributed by atoms with E-state index in [2.05, 4.69) is 21.0 Å². The summed E-state index contributed by atoms with van der Waals surface area (Å²) in [4.78, 5) is 61.4. The van der Waals surface area contributed by atoms with Crippen LogP contribution in [0.3, 0.4) is 0 Å². The van der Waals surface area contributed by atoms with E-state index in [9.17, 15) is 24.0 Å². The van der Waals surface area contributed by atoms with Gasteiger partial charge in [-0.05, 0) is 39.0 Å². The fourth-order valence-electron chi connectivity index (χ4n) is 4.25. The first-order valence-corrected chi connectivity index (χ1v) is 11.2. The van der Waals surface area contributed by atoms with Crippen molar-refractivity contribution >= 4 is 35.6 Å². The minimum absolute atomic E-state index is 0.0567. The molecule has 4 N–H and O–H groups in total. The van der Waals surface area contributed by atoms with Gasteiger partial charge in [-0.1, -0.05) is 12.8 Å². The highest BCUT2D eigenvalue weighted by atomic mass is 19.1. The molecule has 0 bridgehead atoms. The highest BCUT2D eigenvalue weighted by molar-refractivity contribution is 6.44. The first-order chi connectivity index (χ1) is 16.1. The number of carbonyl (C=O) groups excluding carboxylic acids is 4. The van der Waals surface area contributed by atoms with Crippen LogP contribution in [0.4, 0.5) is 19.8 Å². The second kappa shape index (κ2) is 10.2. The van der Waals surface area contributed by atoms with Crippen LogP contribution in [-0.2, 0) is 19.1 Å². The minimum Gasteiger partial charge on any atom is -0.463 e. The third-order valence-corrected chi connectivity index (χ3v) is 6.19. The predicted molar refractivity (Wildman–Crippen MR) is 115 cm³/mol. The largest absolute Gasteiger partial charge is 0.463 e. The van der Waals surface area contributed by atoms with Crippen LogP contribution >= 0.6 is 0 Å². The number of rotatable bonds is 9. The Morgan fingerprint density at radius 1 is 1.18 bits per heavy atom. The van der Waals surface area contributed by atoms with E-state index in [4.69, 9.17) is 9.84 Å². The molecule has 2 aliphatic rings. The predicted octanol–water partition coefficient (Wildman–Crippen LogP) is 1.74. The second-order valence-electron chi connectivity index (χ2n) is 8.62. The maximum absolute atomic E-state index is 15.1. The Morgan fingerprint density at radius 3 is 2.38 bits per heavy atom. The lowest BCUT2D eigenvalue weighted by atomic mass is 9.73. The van der Waals surface area contributed by atoms with Gasteiger partial charge in [-0.2, -0.15) is 4.68 Å². The summed E-state index contributed by atoms with van der Waals surface area (Å²) in [6.45, 7) is 1.64. The van der Waals surface area contributed by atoms with Gasteiger partial charge in [0.25, 0.3) is 5.91 Å². The number of halogens is 1. The van der Waals surface area contributed by atoms with Crippen LogP contribution in [-0.4, -0.2) is 68.5 Å². The number of nitrogens with one attached hydrogen (secondary N) is 3. The lowest BCUT2D eigenvalue weighted by Gasteiger charge is -2.41. The van der Waals surface area contributed by atoms with Gasteiger partial charge in [0.2, 0.25) is 11.7 Å². The van der Waals surface area contributed by atoms with Crippen molar-refractivity contribution in [2.75, 3.05) is 11.9 Å². The van der Waals surface area contributed by atoms with E-state index in [0.29, 0.717) is 23.9 Å². The smallest absolute Gasteiger partial charge is 0.432 e. The van der Waals surface area contributed by atoms with Gasteiger partial charge in [0, 0.05) is 18.7 Å². The third kappa shape index (κ3) is 5.69. The van der Waals surface area contributed by atoms with Gasteiger partial charge in [-0.25, -0.2) is 14.0 Å². The molecule has 1 heterocycles. The third-order valence-electron chi connectivity index (χ3n) is 6.19. The van der Waals surface area contributed by atoms with Crippen LogP contribution < -0.4 is 16.0 Å². The zero-order valence-corrected chi connectivity index (χ0v) is 18.8. The molecule has 0 spiro atoms. The van der Waals surface area contributed by atoms with E-state index in [1.807, 2.05) is 0 Å². The van der Waals surface area contributed by atoms with Crippen molar-refractivity contribution in [1.82, 2.24) is 20.4 Å². The molecule has 0 aromatic carbocycles. The maximum Gasteiger partial charge on any atom is 0.432 e. The highest BCUT2D eigenvalue weighted by Gasteiger charge is 2.50. The highest BCUT2D eigenvalue weighted by Crippen LogP contribution is 2.38. The summed E-state index contributed by atoms with van der Waals surface area (Å²) >= 11 is 0. The van der Waals surface area contributed by atoms with Gasteiger partial charge in [0.05, 0.1) is 6.61 Å². The molecular formula is C21H28FN5O7. The quantitative estimate of drug-likeness (QED) is 0.387. The number of hydrogen-bond acceptors (Lipinski definition) is 7. The Kier molecular flexibility index (Phi) is 7.52. The molecular weight excluding hydrogens is 453 g/mol. The van der Waals surface area contributed by atoms with E-state index in [-0.39, 0.29) is 44.5 Å². The van der Waals surface area contributed by atoms with Gasteiger partial charge in [0.15, 0.2) is 5.82 Å². The molecule has 13 heteroatoms. The molecule has 1 aromatic rings. The molecule has 2 fully saturated rings. The topological polar surface area (TPSA) is 169 Å². The average molecular weight is 481 g/mol. The van der Waals surface area contributed by atoms with Gasteiger partial charge < -0.3 is 25.8 Å². The van der Waals surface area contributed by atoms with E-state index in [1.54, 1.807) is 6.92 Å². The Hall–Kier alpha value is -3.51. The van der Waals surface area contributed by atoms with Crippen LogP contribution in [0.25, 0.3) is 0 Å². The molecule has 0 radical (unpaired) electrons. The number of alkyl halides is 1. The lowest BCUT2D eigenvalue weighted by Crippen LogP contribution is -2.65. The van der Waals surface area contributed by atoms with Gasteiger partial charge >= 0.3 is 12.2 Å². The Bertz CT molecular complexity index is 968. The first-order valence-electron chi connectivity index (χ1n) is 11.2. The fraction of sp³-hybridized carbons (Fsp3) is 0.619. The zero-order valence-electron chi connectivity index (χ0n) is 18.8. The summed E-state index contributed by atoms with van der Waals surface area (Å²) < 4.78 is 20.5. The fourth-order valence-corrected chi connectivity index (χ4v) is 4.25. The van der Waals surface area contributed by atoms with E-state index in [1.165, 1.54) is 6.07 Å². The SMILES string of the molecule is CCOC(=O)NC(CC1(F)CCCC1)C(=O)NC1(C(=O)C(=O)Nc2ccn(C(=O)O)n2)CCC1. The summed E-state index contributed by atoms with van der Waals surface area (Å²) in [5.41, 5.74) is -3.14. The number of anilines is 1. The number of carbonyl (C=O) groups is 5. The van der Waals surface area contributed by atoms with Gasteiger partial charge in [-0.3, -0.25) is 14.4 Å². The number of hydrogen-bond donors (Lipinski definition) is 4. The van der Waals surface area contributed by atoms with Crippen LogP contribution in [0.5, 0.6) is 0 Å². The standard InChI is InChI=1S/C21H28FN5O7/c1-2-34-18(31)23-13(12-20(22)7-3-4-8-20)16(29)25-21(9-5-10-21)15(28)17(30)24-14-6-11-27(26-14)19(32)33/h6,11,13H,2-5,7-10,12H2,1H3,(H,23,31)(H,25,29)(H,32,33)(H,24,26,30). The van der Waals surface area contributed by atoms with Crippen LogP contribution in [0.15, 0.2) is 12.3 Å². The number of ketones is 1. The number of alkyl carbamates (subject to hydrolysis) is 1. The summed E-state index contributed by atoms with van der Waals surface area (Å²) in [6, 6.07) is -0.0887. The summed E-state index contributed by atoms with van der Waals surface area (Å²) in [5, 5.41) is 19.6.